The monoisotopic (exact) mass is 211 g/mol. The lowest BCUT2D eigenvalue weighted by Crippen LogP contribution is -2.24. The summed E-state index contributed by atoms with van der Waals surface area (Å²) in [5.41, 5.74) is 6.10. The van der Waals surface area contributed by atoms with Crippen molar-refractivity contribution in [2.24, 2.45) is 5.73 Å². The van der Waals surface area contributed by atoms with Crippen molar-refractivity contribution in [3.05, 3.63) is 17.5 Å². The van der Waals surface area contributed by atoms with Crippen LogP contribution in [0.4, 0.5) is 0 Å². The van der Waals surface area contributed by atoms with Crippen LogP contribution >= 0.6 is 0 Å². The zero-order chi connectivity index (χ0) is 11.6. The number of nitrogens with zero attached hydrogens (tertiary/aromatic N) is 1. The fraction of sp³-hybridized carbons (Fsp3) is 0.600. The molecule has 84 valence electrons. The second-order valence-corrected chi connectivity index (χ2v) is 4.50. The minimum Gasteiger partial charge on any atom is -0.455 e. The lowest BCUT2D eigenvalue weighted by atomic mass is 10.2. The quantitative estimate of drug-likeness (QED) is 0.724. The van der Waals surface area contributed by atoms with Crippen molar-refractivity contribution in [1.29, 1.82) is 0 Å². The second-order valence-electron chi connectivity index (χ2n) is 4.50. The van der Waals surface area contributed by atoms with Gasteiger partial charge in [0.25, 0.3) is 0 Å². The fourth-order valence-electron chi connectivity index (χ4n) is 1.00. The molecule has 1 unspecified atom stereocenters. The van der Waals surface area contributed by atoms with E-state index in [-0.39, 0.29) is 11.7 Å². The van der Waals surface area contributed by atoms with Gasteiger partial charge in [-0.2, -0.15) is 5.10 Å². The summed E-state index contributed by atoms with van der Waals surface area (Å²) < 4.78 is 5.15. The molecule has 0 aliphatic carbocycles. The van der Waals surface area contributed by atoms with Crippen LogP contribution in [0.5, 0.6) is 0 Å². The smallest absolute Gasteiger partial charge is 0.359 e. The highest BCUT2D eigenvalue weighted by Crippen LogP contribution is 2.13. The van der Waals surface area contributed by atoms with Crippen LogP contribution in [0.25, 0.3) is 0 Å². The second kappa shape index (κ2) is 4.02. The maximum Gasteiger partial charge on any atom is 0.359 e. The van der Waals surface area contributed by atoms with E-state index in [0.29, 0.717) is 0 Å². The molecule has 1 heterocycles. The Morgan fingerprint density at radius 2 is 2.20 bits per heavy atom. The SMILES string of the molecule is CC(N)c1cc(C(=O)OC(C)(C)C)n[nH]1. The third kappa shape index (κ3) is 3.36. The van der Waals surface area contributed by atoms with Gasteiger partial charge in [-0.25, -0.2) is 4.79 Å². The van der Waals surface area contributed by atoms with E-state index in [4.69, 9.17) is 10.5 Å². The van der Waals surface area contributed by atoms with Gasteiger partial charge in [-0.1, -0.05) is 0 Å². The van der Waals surface area contributed by atoms with Crippen LogP contribution in [0.2, 0.25) is 0 Å². The summed E-state index contributed by atoms with van der Waals surface area (Å²) in [6.45, 7) is 7.24. The Hall–Kier alpha value is -1.36. The molecule has 0 fully saturated rings. The Morgan fingerprint density at radius 1 is 1.60 bits per heavy atom. The average molecular weight is 211 g/mol. The first kappa shape index (κ1) is 11.7. The van der Waals surface area contributed by atoms with Crippen LogP contribution in [0, 0.1) is 0 Å². The first-order valence-corrected chi connectivity index (χ1v) is 4.84. The van der Waals surface area contributed by atoms with E-state index in [1.54, 1.807) is 6.07 Å². The molecule has 0 amide bonds. The summed E-state index contributed by atoms with van der Waals surface area (Å²) in [7, 11) is 0. The Kier molecular flexibility index (Phi) is 3.14. The van der Waals surface area contributed by atoms with E-state index in [2.05, 4.69) is 10.2 Å². The third-order valence-corrected chi connectivity index (χ3v) is 1.70. The molecule has 1 aromatic heterocycles. The van der Waals surface area contributed by atoms with Gasteiger partial charge in [0.1, 0.15) is 5.60 Å². The van der Waals surface area contributed by atoms with E-state index in [1.165, 1.54) is 0 Å². The van der Waals surface area contributed by atoms with Crippen LogP contribution in [0.15, 0.2) is 6.07 Å². The summed E-state index contributed by atoms with van der Waals surface area (Å²) in [5, 5.41) is 6.54. The predicted octanol–water partition coefficient (Wildman–Crippen LogP) is 1.38. The number of nitrogens with two attached hydrogens (primary N) is 1. The molecule has 0 aliphatic heterocycles. The largest absolute Gasteiger partial charge is 0.455 e. The molecule has 1 rings (SSSR count). The summed E-state index contributed by atoms with van der Waals surface area (Å²) in [5.74, 6) is -0.439. The van der Waals surface area contributed by atoms with E-state index in [9.17, 15) is 4.79 Å². The van der Waals surface area contributed by atoms with Crippen LogP contribution in [0.3, 0.4) is 0 Å². The van der Waals surface area contributed by atoms with Crippen molar-refractivity contribution in [2.75, 3.05) is 0 Å². The normalized spacial score (nSPS) is 13.7. The van der Waals surface area contributed by atoms with Crippen molar-refractivity contribution in [3.63, 3.8) is 0 Å². The molecular weight excluding hydrogens is 194 g/mol. The molecular formula is C10H17N3O2. The number of carbonyl (C=O) groups is 1. The third-order valence-electron chi connectivity index (χ3n) is 1.70. The zero-order valence-corrected chi connectivity index (χ0v) is 9.50. The molecule has 0 bridgehead atoms. The summed E-state index contributed by atoms with van der Waals surface area (Å²) in [6, 6.07) is 1.44. The van der Waals surface area contributed by atoms with Crippen molar-refractivity contribution in [3.8, 4) is 0 Å². The predicted molar refractivity (Wildman–Crippen MR) is 56.4 cm³/mol. The van der Waals surface area contributed by atoms with E-state index < -0.39 is 11.6 Å². The molecule has 3 N–H and O–H groups in total. The standard InChI is InChI=1S/C10H17N3O2/c1-6(11)7-5-8(13-12-7)9(14)15-10(2,3)4/h5-6H,11H2,1-4H3,(H,12,13). The highest BCUT2D eigenvalue weighted by atomic mass is 16.6. The number of aromatic amines is 1. The van der Waals surface area contributed by atoms with Gasteiger partial charge in [0.05, 0.1) is 5.69 Å². The number of H-pyrrole nitrogens is 1. The fourth-order valence-corrected chi connectivity index (χ4v) is 1.00. The molecule has 0 saturated carbocycles. The van der Waals surface area contributed by atoms with Gasteiger partial charge in [-0.3, -0.25) is 5.10 Å². The minimum absolute atomic E-state index is 0.173. The Bertz CT molecular complexity index is 350. The number of nitrogens with one attached hydrogen (secondary N) is 1. The summed E-state index contributed by atoms with van der Waals surface area (Å²) in [4.78, 5) is 11.6. The maximum absolute atomic E-state index is 11.6. The van der Waals surface area contributed by atoms with Gasteiger partial charge < -0.3 is 10.5 Å². The van der Waals surface area contributed by atoms with Crippen molar-refractivity contribution in [2.45, 2.75) is 39.3 Å². The van der Waals surface area contributed by atoms with Crippen LogP contribution < -0.4 is 5.73 Å². The molecule has 0 spiro atoms. The highest BCUT2D eigenvalue weighted by Gasteiger charge is 2.20. The van der Waals surface area contributed by atoms with E-state index in [0.717, 1.165) is 5.69 Å². The Labute approximate surface area is 89.0 Å². The van der Waals surface area contributed by atoms with Gasteiger partial charge in [-0.05, 0) is 33.8 Å². The number of rotatable bonds is 2. The molecule has 5 nitrogen and oxygen atoms in total. The van der Waals surface area contributed by atoms with Gasteiger partial charge >= 0.3 is 5.97 Å². The first-order chi connectivity index (χ1) is 6.79. The van der Waals surface area contributed by atoms with Crippen LogP contribution in [-0.4, -0.2) is 21.8 Å². The highest BCUT2D eigenvalue weighted by molar-refractivity contribution is 5.87. The lowest BCUT2D eigenvalue weighted by molar-refractivity contribution is 0.00628. The number of hydrogen-bond donors (Lipinski definition) is 2. The lowest BCUT2D eigenvalue weighted by Gasteiger charge is -2.18. The number of carbonyl (C=O) groups excluding carboxylic acids is 1. The average Bonchev–Trinajstić information content (AvgIpc) is 2.47. The minimum atomic E-state index is -0.509. The molecule has 0 radical (unpaired) electrons. The molecule has 5 heteroatoms. The van der Waals surface area contributed by atoms with Crippen LogP contribution in [0.1, 0.15) is 49.9 Å². The molecule has 15 heavy (non-hydrogen) atoms. The number of hydrogen-bond acceptors (Lipinski definition) is 4. The molecule has 0 aliphatic rings. The van der Waals surface area contributed by atoms with Gasteiger partial charge in [-0.15, -0.1) is 0 Å². The molecule has 1 aromatic rings. The van der Waals surface area contributed by atoms with Crippen molar-refractivity contribution < 1.29 is 9.53 Å². The van der Waals surface area contributed by atoms with E-state index in [1.807, 2.05) is 27.7 Å². The van der Waals surface area contributed by atoms with Gasteiger partial charge in [0.15, 0.2) is 5.69 Å². The Morgan fingerprint density at radius 3 is 2.60 bits per heavy atom. The van der Waals surface area contributed by atoms with Crippen molar-refractivity contribution in [1.82, 2.24) is 10.2 Å². The topological polar surface area (TPSA) is 81.0 Å². The molecule has 1 atom stereocenters. The van der Waals surface area contributed by atoms with Gasteiger partial charge in [0, 0.05) is 6.04 Å². The Balaban J connectivity index is 2.75. The number of aromatic nitrogens is 2. The summed E-state index contributed by atoms with van der Waals surface area (Å²) >= 11 is 0. The summed E-state index contributed by atoms with van der Waals surface area (Å²) in [6.07, 6.45) is 0. The maximum atomic E-state index is 11.6. The number of esters is 1. The molecule has 0 saturated heterocycles. The molecule has 0 aromatic carbocycles. The van der Waals surface area contributed by atoms with E-state index >= 15 is 0 Å². The zero-order valence-electron chi connectivity index (χ0n) is 9.50. The van der Waals surface area contributed by atoms with Crippen molar-refractivity contribution >= 4 is 5.97 Å². The first-order valence-electron chi connectivity index (χ1n) is 4.84. The number of ether oxygens (including phenoxy) is 1. The van der Waals surface area contributed by atoms with Crippen LogP contribution in [-0.2, 0) is 4.74 Å². The van der Waals surface area contributed by atoms with Gasteiger partial charge in [0.2, 0.25) is 0 Å².